The Hall–Kier alpha value is -3.74. The smallest absolute Gasteiger partial charge is 0.310 e. The largest absolute Gasteiger partial charge is 0.481 e. The number of hydrogen-bond acceptors (Lipinski definition) is 5. The lowest BCUT2D eigenvalue weighted by Crippen LogP contribution is -2.15. The zero-order chi connectivity index (χ0) is 20.5. The van der Waals surface area contributed by atoms with Gasteiger partial charge in [-0.1, -0.05) is 43.7 Å². The number of nitrogens with two attached hydrogens (primary N) is 1. The molecule has 29 heavy (non-hydrogen) atoms. The van der Waals surface area contributed by atoms with Gasteiger partial charge in [0.1, 0.15) is 5.69 Å². The van der Waals surface area contributed by atoms with Gasteiger partial charge in [-0.25, -0.2) is 9.97 Å². The summed E-state index contributed by atoms with van der Waals surface area (Å²) >= 11 is 0. The van der Waals surface area contributed by atoms with Crippen LogP contribution in [0.4, 0.5) is 5.95 Å². The van der Waals surface area contributed by atoms with E-state index in [0.717, 1.165) is 17.2 Å². The average molecular weight is 388 g/mol. The number of fused-ring (bicyclic) bond motifs is 2. The lowest BCUT2D eigenvalue weighted by atomic mass is 9.93. The molecule has 7 heteroatoms. The van der Waals surface area contributed by atoms with Crippen LogP contribution in [0.15, 0.2) is 54.9 Å². The maximum Gasteiger partial charge on any atom is 0.310 e. The molecule has 0 aliphatic rings. The molecule has 0 aliphatic carbocycles. The molecule has 0 bridgehead atoms. The number of benzene rings is 2. The van der Waals surface area contributed by atoms with Crippen molar-refractivity contribution in [2.75, 3.05) is 5.73 Å². The summed E-state index contributed by atoms with van der Waals surface area (Å²) in [6.07, 6.45) is 4.71. The van der Waals surface area contributed by atoms with E-state index >= 15 is 0 Å². The van der Waals surface area contributed by atoms with Gasteiger partial charge in [-0.3, -0.25) is 14.2 Å². The van der Waals surface area contributed by atoms with E-state index in [0.29, 0.717) is 22.9 Å². The Bertz CT molecular complexity index is 1210. The van der Waals surface area contributed by atoms with Crippen molar-refractivity contribution in [1.29, 1.82) is 0 Å². The van der Waals surface area contributed by atoms with Crippen LogP contribution in [-0.4, -0.2) is 31.5 Å². The molecule has 0 saturated heterocycles. The minimum absolute atomic E-state index is 0.00588. The predicted molar refractivity (Wildman–Crippen MR) is 111 cm³/mol. The van der Waals surface area contributed by atoms with Crippen LogP contribution in [-0.2, 0) is 4.79 Å². The SMILES string of the molecule is CCCC(C(=O)O)c1ccc2nc(N)nc(C(=O)n3cc4ccccc4c3)c2c1. The van der Waals surface area contributed by atoms with Gasteiger partial charge in [0.25, 0.3) is 5.91 Å². The molecule has 146 valence electrons. The molecule has 2 aromatic heterocycles. The molecule has 0 amide bonds. The maximum absolute atomic E-state index is 13.2. The highest BCUT2D eigenvalue weighted by Crippen LogP contribution is 2.27. The summed E-state index contributed by atoms with van der Waals surface area (Å²) in [5, 5.41) is 11.9. The summed E-state index contributed by atoms with van der Waals surface area (Å²) in [6.45, 7) is 1.94. The highest BCUT2D eigenvalue weighted by atomic mass is 16.4. The summed E-state index contributed by atoms with van der Waals surface area (Å²) in [7, 11) is 0. The molecule has 0 saturated carbocycles. The third kappa shape index (κ3) is 3.42. The fourth-order valence-electron chi connectivity index (χ4n) is 3.59. The van der Waals surface area contributed by atoms with Crippen molar-refractivity contribution >= 4 is 39.5 Å². The second-order valence-electron chi connectivity index (χ2n) is 6.99. The van der Waals surface area contributed by atoms with E-state index in [1.165, 1.54) is 4.57 Å². The Morgan fingerprint density at radius 1 is 1.10 bits per heavy atom. The summed E-state index contributed by atoms with van der Waals surface area (Å²) in [4.78, 5) is 33.3. The third-order valence-electron chi connectivity index (χ3n) is 5.00. The maximum atomic E-state index is 13.2. The second-order valence-corrected chi connectivity index (χ2v) is 6.99. The van der Waals surface area contributed by atoms with Gasteiger partial charge in [-0.05, 0) is 34.9 Å². The molecule has 1 unspecified atom stereocenters. The first-order valence-corrected chi connectivity index (χ1v) is 9.39. The third-order valence-corrected chi connectivity index (χ3v) is 5.00. The van der Waals surface area contributed by atoms with Gasteiger partial charge in [0.05, 0.1) is 11.4 Å². The van der Waals surface area contributed by atoms with Gasteiger partial charge in [0, 0.05) is 17.8 Å². The van der Waals surface area contributed by atoms with Crippen molar-refractivity contribution in [2.45, 2.75) is 25.7 Å². The Balaban J connectivity index is 1.87. The minimum Gasteiger partial charge on any atom is -0.481 e. The molecule has 3 N–H and O–H groups in total. The molecule has 0 spiro atoms. The molecule has 2 aromatic carbocycles. The van der Waals surface area contributed by atoms with E-state index in [1.54, 1.807) is 30.6 Å². The lowest BCUT2D eigenvalue weighted by Gasteiger charge is -2.13. The number of nitrogens with zero attached hydrogens (tertiary/aromatic N) is 3. The first kappa shape index (κ1) is 18.6. The number of rotatable bonds is 5. The van der Waals surface area contributed by atoms with Crippen LogP contribution in [0.1, 0.15) is 41.7 Å². The molecule has 4 aromatic rings. The van der Waals surface area contributed by atoms with Gasteiger partial charge >= 0.3 is 5.97 Å². The Morgan fingerprint density at radius 3 is 2.41 bits per heavy atom. The topological polar surface area (TPSA) is 111 Å². The quantitative estimate of drug-likeness (QED) is 0.538. The van der Waals surface area contributed by atoms with Gasteiger partial charge in [0.2, 0.25) is 5.95 Å². The Labute approximate surface area is 166 Å². The molecular weight excluding hydrogens is 368 g/mol. The number of carbonyl (C=O) groups excluding carboxylic acids is 1. The Morgan fingerprint density at radius 2 is 1.79 bits per heavy atom. The highest BCUT2D eigenvalue weighted by Gasteiger charge is 2.22. The van der Waals surface area contributed by atoms with E-state index in [9.17, 15) is 14.7 Å². The monoisotopic (exact) mass is 388 g/mol. The molecular formula is C22H20N4O3. The standard InChI is InChI=1S/C22H20N4O3/c1-2-5-16(21(28)29)13-8-9-18-17(10-13)19(25-22(23)24-18)20(27)26-11-14-6-3-4-7-15(14)12-26/h3-4,6-12,16H,2,5H2,1H3,(H,28,29)(H2,23,24,25). The van der Waals surface area contributed by atoms with Crippen molar-refractivity contribution in [1.82, 2.24) is 14.5 Å². The van der Waals surface area contributed by atoms with Gasteiger partial charge in [-0.15, -0.1) is 0 Å². The van der Waals surface area contributed by atoms with Crippen LogP contribution >= 0.6 is 0 Å². The molecule has 1 atom stereocenters. The number of carboxylic acids is 1. The van der Waals surface area contributed by atoms with Crippen molar-refractivity contribution in [3.8, 4) is 0 Å². The number of carboxylic acid groups (broad SMARTS) is 1. The zero-order valence-electron chi connectivity index (χ0n) is 15.9. The molecule has 7 nitrogen and oxygen atoms in total. The van der Waals surface area contributed by atoms with E-state index in [4.69, 9.17) is 5.73 Å². The summed E-state index contributed by atoms with van der Waals surface area (Å²) in [5.41, 5.74) is 7.10. The number of hydrogen-bond donors (Lipinski definition) is 2. The predicted octanol–water partition coefficient (Wildman–Crippen LogP) is 3.82. The zero-order valence-corrected chi connectivity index (χ0v) is 15.9. The molecule has 2 heterocycles. The fourth-order valence-corrected chi connectivity index (χ4v) is 3.59. The highest BCUT2D eigenvalue weighted by molar-refractivity contribution is 6.07. The lowest BCUT2D eigenvalue weighted by molar-refractivity contribution is -0.139. The summed E-state index contributed by atoms with van der Waals surface area (Å²) in [6, 6.07) is 12.8. The fraction of sp³-hybridized carbons (Fsp3) is 0.182. The number of nitrogen functional groups attached to an aromatic ring is 1. The van der Waals surface area contributed by atoms with Crippen LogP contribution in [0.3, 0.4) is 0 Å². The molecule has 0 fully saturated rings. The minimum atomic E-state index is -0.896. The Kier molecular flexibility index (Phi) is 4.72. The number of carbonyl (C=O) groups is 2. The van der Waals surface area contributed by atoms with Crippen molar-refractivity contribution in [3.63, 3.8) is 0 Å². The van der Waals surface area contributed by atoms with Crippen LogP contribution in [0.25, 0.3) is 21.7 Å². The number of aliphatic carboxylic acids is 1. The molecule has 0 aliphatic heterocycles. The van der Waals surface area contributed by atoms with Crippen molar-refractivity contribution < 1.29 is 14.7 Å². The van der Waals surface area contributed by atoms with Crippen LogP contribution < -0.4 is 5.73 Å². The van der Waals surface area contributed by atoms with E-state index in [2.05, 4.69) is 9.97 Å². The van der Waals surface area contributed by atoms with E-state index in [1.807, 2.05) is 31.2 Å². The van der Waals surface area contributed by atoms with Crippen LogP contribution in [0.5, 0.6) is 0 Å². The van der Waals surface area contributed by atoms with Crippen molar-refractivity contribution in [2.24, 2.45) is 0 Å². The van der Waals surface area contributed by atoms with Gasteiger partial charge in [-0.2, -0.15) is 0 Å². The van der Waals surface area contributed by atoms with Gasteiger partial charge in [0.15, 0.2) is 0 Å². The first-order chi connectivity index (χ1) is 14.0. The summed E-state index contributed by atoms with van der Waals surface area (Å²) in [5.74, 6) is -1.90. The molecule has 4 rings (SSSR count). The second kappa shape index (κ2) is 7.35. The van der Waals surface area contributed by atoms with Crippen LogP contribution in [0, 0.1) is 0 Å². The number of aromatic nitrogens is 3. The van der Waals surface area contributed by atoms with Gasteiger partial charge < -0.3 is 10.8 Å². The average Bonchev–Trinajstić information content (AvgIpc) is 3.14. The van der Waals surface area contributed by atoms with E-state index < -0.39 is 11.9 Å². The van der Waals surface area contributed by atoms with E-state index in [-0.39, 0.29) is 17.5 Å². The number of anilines is 1. The normalized spacial score (nSPS) is 12.3. The summed E-state index contributed by atoms with van der Waals surface area (Å²) < 4.78 is 1.47. The van der Waals surface area contributed by atoms with Crippen LogP contribution in [0.2, 0.25) is 0 Å². The first-order valence-electron chi connectivity index (χ1n) is 9.39. The molecule has 0 radical (unpaired) electrons. The van der Waals surface area contributed by atoms with Crippen molar-refractivity contribution in [3.05, 3.63) is 66.1 Å².